The first-order valence-electron chi connectivity index (χ1n) is 7.78. The van der Waals surface area contributed by atoms with Crippen LogP contribution >= 0.6 is 0 Å². The predicted octanol–water partition coefficient (Wildman–Crippen LogP) is 2.35. The van der Waals surface area contributed by atoms with Gasteiger partial charge < -0.3 is 9.64 Å². The number of rotatable bonds is 7. The van der Waals surface area contributed by atoms with Crippen molar-refractivity contribution in [3.05, 3.63) is 29.8 Å². The van der Waals surface area contributed by atoms with Gasteiger partial charge in [0.1, 0.15) is 12.4 Å². The average Bonchev–Trinajstić information content (AvgIpc) is 2.94. The fourth-order valence-corrected chi connectivity index (χ4v) is 2.94. The first kappa shape index (κ1) is 15.8. The van der Waals surface area contributed by atoms with Crippen molar-refractivity contribution in [3.8, 4) is 11.8 Å². The molecule has 1 atom stereocenters. The average molecular weight is 287 g/mol. The van der Waals surface area contributed by atoms with Gasteiger partial charge in [0.15, 0.2) is 0 Å². The molecular formula is C17H25N3O. The van der Waals surface area contributed by atoms with Crippen molar-refractivity contribution in [2.24, 2.45) is 0 Å². The van der Waals surface area contributed by atoms with Crippen LogP contribution in [0.4, 0.5) is 0 Å². The van der Waals surface area contributed by atoms with Gasteiger partial charge in [0.25, 0.3) is 0 Å². The molecule has 2 rings (SSSR count). The van der Waals surface area contributed by atoms with Gasteiger partial charge in [-0.15, -0.1) is 0 Å². The quantitative estimate of drug-likeness (QED) is 0.772. The molecular weight excluding hydrogens is 262 g/mol. The lowest BCUT2D eigenvalue weighted by Crippen LogP contribution is -2.39. The largest absolute Gasteiger partial charge is 0.492 e. The smallest absolute Gasteiger partial charge is 0.120 e. The summed E-state index contributed by atoms with van der Waals surface area (Å²) in [4.78, 5) is 4.90. The Bertz CT molecular complexity index is 483. The van der Waals surface area contributed by atoms with Crippen molar-refractivity contribution < 1.29 is 4.74 Å². The van der Waals surface area contributed by atoms with Crippen LogP contribution in [-0.2, 0) is 0 Å². The summed E-state index contributed by atoms with van der Waals surface area (Å²) in [5.74, 6) is 0.776. The van der Waals surface area contributed by atoms with Crippen molar-refractivity contribution in [1.82, 2.24) is 9.80 Å². The van der Waals surface area contributed by atoms with E-state index in [-0.39, 0.29) is 0 Å². The zero-order valence-electron chi connectivity index (χ0n) is 13.1. The lowest BCUT2D eigenvalue weighted by molar-refractivity contribution is 0.177. The summed E-state index contributed by atoms with van der Waals surface area (Å²) in [6.07, 6.45) is 2.63. The Kier molecular flexibility index (Phi) is 6.04. The van der Waals surface area contributed by atoms with Crippen LogP contribution in [-0.4, -0.2) is 55.7 Å². The number of likely N-dealkylation sites (tertiary alicyclic amines) is 1. The van der Waals surface area contributed by atoms with E-state index in [9.17, 15) is 0 Å². The molecule has 0 bridgehead atoms. The third kappa shape index (κ3) is 4.73. The topological polar surface area (TPSA) is 39.5 Å². The molecule has 0 spiro atoms. The molecule has 1 fully saturated rings. The van der Waals surface area contributed by atoms with E-state index >= 15 is 0 Å². The molecule has 1 aromatic rings. The van der Waals surface area contributed by atoms with Crippen molar-refractivity contribution in [3.63, 3.8) is 0 Å². The van der Waals surface area contributed by atoms with Crippen molar-refractivity contribution in [2.45, 2.75) is 25.8 Å². The van der Waals surface area contributed by atoms with Crippen molar-refractivity contribution in [1.29, 1.82) is 5.26 Å². The maximum Gasteiger partial charge on any atom is 0.120 e. The minimum absolute atomic E-state index is 0.644. The summed E-state index contributed by atoms with van der Waals surface area (Å²) >= 11 is 0. The highest BCUT2D eigenvalue weighted by Crippen LogP contribution is 2.17. The second-order valence-electron chi connectivity index (χ2n) is 5.67. The zero-order chi connectivity index (χ0) is 15.1. The van der Waals surface area contributed by atoms with E-state index in [1.54, 1.807) is 12.1 Å². The zero-order valence-corrected chi connectivity index (χ0v) is 13.1. The molecule has 0 N–H and O–H groups in total. The fourth-order valence-electron chi connectivity index (χ4n) is 2.94. The molecule has 0 saturated carbocycles. The summed E-state index contributed by atoms with van der Waals surface area (Å²) in [5.41, 5.74) is 0.644. The second kappa shape index (κ2) is 8.02. The summed E-state index contributed by atoms with van der Waals surface area (Å²) in [6, 6.07) is 10.2. The van der Waals surface area contributed by atoms with Crippen LogP contribution in [0.15, 0.2) is 24.3 Å². The van der Waals surface area contributed by atoms with Gasteiger partial charge in [-0.1, -0.05) is 13.0 Å². The Labute approximate surface area is 127 Å². The monoisotopic (exact) mass is 287 g/mol. The standard InChI is InChI=1S/C17H25N3O/c1-3-20-9-5-7-16(20)14-19(2)10-11-21-17-8-4-6-15(12-17)13-18/h4,6,8,12,16H,3,5,7,9-11,14H2,1-2H3. The first-order chi connectivity index (χ1) is 10.2. The third-order valence-corrected chi connectivity index (χ3v) is 4.13. The molecule has 1 saturated heterocycles. The minimum Gasteiger partial charge on any atom is -0.492 e. The van der Waals surface area contributed by atoms with Crippen molar-refractivity contribution >= 4 is 0 Å². The lowest BCUT2D eigenvalue weighted by atomic mass is 10.2. The Hall–Kier alpha value is -1.57. The van der Waals surface area contributed by atoms with Crippen LogP contribution in [0.1, 0.15) is 25.3 Å². The van der Waals surface area contributed by atoms with Gasteiger partial charge in [-0.05, 0) is 51.2 Å². The molecule has 21 heavy (non-hydrogen) atoms. The number of ether oxygens (including phenoxy) is 1. The fraction of sp³-hybridized carbons (Fsp3) is 0.588. The maximum atomic E-state index is 8.86. The summed E-state index contributed by atoms with van der Waals surface area (Å²) in [6.45, 7) is 7.30. The normalized spacial score (nSPS) is 18.9. The Balaban J connectivity index is 1.71. The van der Waals surface area contributed by atoms with Crippen molar-refractivity contribution in [2.75, 3.05) is 39.8 Å². The minimum atomic E-state index is 0.644. The molecule has 114 valence electrons. The molecule has 4 nitrogen and oxygen atoms in total. The first-order valence-corrected chi connectivity index (χ1v) is 7.78. The third-order valence-electron chi connectivity index (χ3n) is 4.13. The summed E-state index contributed by atoms with van der Waals surface area (Å²) in [5, 5.41) is 8.86. The molecule has 0 radical (unpaired) electrons. The molecule has 1 unspecified atom stereocenters. The molecule has 4 heteroatoms. The lowest BCUT2D eigenvalue weighted by Gasteiger charge is -2.27. The Morgan fingerprint density at radius 2 is 2.33 bits per heavy atom. The number of hydrogen-bond acceptors (Lipinski definition) is 4. The molecule has 0 aromatic heterocycles. The molecule has 0 amide bonds. The van der Waals surface area contributed by atoms with E-state index in [1.807, 2.05) is 12.1 Å². The van der Waals surface area contributed by atoms with E-state index in [2.05, 4.69) is 29.8 Å². The Morgan fingerprint density at radius 3 is 3.10 bits per heavy atom. The van der Waals surface area contributed by atoms with Gasteiger partial charge in [0.05, 0.1) is 11.6 Å². The van der Waals surface area contributed by atoms with E-state index in [0.717, 1.165) is 25.4 Å². The van der Waals surface area contributed by atoms with Gasteiger partial charge in [0, 0.05) is 19.1 Å². The number of nitrogens with zero attached hydrogens (tertiary/aromatic N) is 3. The molecule has 1 heterocycles. The van der Waals surface area contributed by atoms with Crippen LogP contribution in [0.3, 0.4) is 0 Å². The number of nitriles is 1. The molecule has 0 aliphatic carbocycles. The number of hydrogen-bond donors (Lipinski definition) is 0. The second-order valence-corrected chi connectivity index (χ2v) is 5.67. The van der Waals surface area contributed by atoms with Crippen LogP contribution in [0.2, 0.25) is 0 Å². The highest BCUT2D eigenvalue weighted by atomic mass is 16.5. The van der Waals surface area contributed by atoms with Gasteiger partial charge >= 0.3 is 0 Å². The van der Waals surface area contributed by atoms with Gasteiger partial charge in [-0.25, -0.2) is 0 Å². The highest BCUT2D eigenvalue weighted by molar-refractivity contribution is 5.36. The van der Waals surface area contributed by atoms with E-state index in [0.29, 0.717) is 18.2 Å². The van der Waals surface area contributed by atoms with Crippen LogP contribution in [0.5, 0.6) is 5.75 Å². The van der Waals surface area contributed by atoms with E-state index < -0.39 is 0 Å². The van der Waals surface area contributed by atoms with Crippen LogP contribution < -0.4 is 4.74 Å². The van der Waals surface area contributed by atoms with Crippen LogP contribution in [0, 0.1) is 11.3 Å². The molecule has 1 aliphatic rings. The predicted molar refractivity (Wildman–Crippen MR) is 84.4 cm³/mol. The number of benzene rings is 1. The summed E-state index contributed by atoms with van der Waals surface area (Å²) < 4.78 is 5.73. The van der Waals surface area contributed by atoms with Crippen LogP contribution in [0.25, 0.3) is 0 Å². The van der Waals surface area contributed by atoms with Gasteiger partial charge in [-0.2, -0.15) is 5.26 Å². The van der Waals surface area contributed by atoms with Gasteiger partial charge in [-0.3, -0.25) is 4.90 Å². The highest BCUT2D eigenvalue weighted by Gasteiger charge is 2.23. The molecule has 1 aromatic carbocycles. The molecule has 1 aliphatic heterocycles. The van der Waals surface area contributed by atoms with E-state index in [4.69, 9.17) is 10.00 Å². The van der Waals surface area contributed by atoms with Gasteiger partial charge in [0.2, 0.25) is 0 Å². The Morgan fingerprint density at radius 1 is 1.48 bits per heavy atom. The summed E-state index contributed by atoms with van der Waals surface area (Å²) in [7, 11) is 2.15. The number of likely N-dealkylation sites (N-methyl/N-ethyl adjacent to an activating group) is 2. The maximum absolute atomic E-state index is 8.86. The van der Waals surface area contributed by atoms with E-state index in [1.165, 1.54) is 19.4 Å². The SMILES string of the molecule is CCN1CCCC1CN(C)CCOc1cccc(C#N)c1.